The van der Waals surface area contributed by atoms with Crippen molar-refractivity contribution < 1.29 is 33.7 Å². The maximum atomic E-state index is 14.0. The Morgan fingerprint density at radius 3 is 2.68 bits per heavy atom. The van der Waals surface area contributed by atoms with Crippen LogP contribution in [0.25, 0.3) is 0 Å². The van der Waals surface area contributed by atoms with Crippen molar-refractivity contribution >= 4 is 17.8 Å². The highest BCUT2D eigenvalue weighted by Crippen LogP contribution is 2.53. The Hall–Kier alpha value is -2.27. The minimum Gasteiger partial charge on any atom is -0.465 e. The Bertz CT molecular complexity index is 886. The molecule has 3 fully saturated rings. The predicted molar refractivity (Wildman–Crippen MR) is 119 cm³/mol. The second kappa shape index (κ2) is 9.41. The predicted octanol–water partition coefficient (Wildman–Crippen LogP) is -0.818. The van der Waals surface area contributed by atoms with Gasteiger partial charge in [0.05, 0.1) is 44.5 Å². The number of carbonyl (C=O) groups is 3. The first-order valence-electron chi connectivity index (χ1n) is 12.2. The molecule has 5 rings (SSSR count). The first-order chi connectivity index (χ1) is 16.5. The highest BCUT2D eigenvalue weighted by Gasteiger charge is 2.72. The van der Waals surface area contributed by atoms with E-state index in [1.165, 1.54) is 4.90 Å². The number of cyclic esters (lactones) is 1. The number of aliphatic hydroxyl groups excluding tert-OH is 1. The third-order valence-corrected chi connectivity index (χ3v) is 7.67. The molecule has 0 saturated carbocycles. The van der Waals surface area contributed by atoms with Crippen molar-refractivity contribution in [3.8, 4) is 0 Å². The molecule has 0 bridgehead atoms. The van der Waals surface area contributed by atoms with Crippen molar-refractivity contribution in [1.29, 1.82) is 0 Å². The van der Waals surface area contributed by atoms with Crippen LogP contribution < -0.4 is 0 Å². The molecule has 0 aromatic heterocycles. The number of aliphatic hydroxyl groups is 1. The third kappa shape index (κ3) is 3.77. The summed E-state index contributed by atoms with van der Waals surface area (Å²) in [5, 5.41) is 9.93. The maximum Gasteiger partial charge on any atom is 0.312 e. The molecule has 186 valence electrons. The smallest absolute Gasteiger partial charge is 0.312 e. The average Bonchev–Trinajstić information content (AvgIpc) is 3.22. The van der Waals surface area contributed by atoms with E-state index in [1.807, 2.05) is 24.3 Å². The fraction of sp³-hybridized carbons (Fsp3) is 0.708. The van der Waals surface area contributed by atoms with E-state index in [0.29, 0.717) is 39.3 Å². The monoisotopic (exact) mass is 475 g/mol. The van der Waals surface area contributed by atoms with Gasteiger partial charge in [-0.15, -0.1) is 0 Å². The molecule has 3 unspecified atom stereocenters. The van der Waals surface area contributed by atoms with Gasteiger partial charge >= 0.3 is 5.97 Å². The molecular weight excluding hydrogens is 442 g/mol. The van der Waals surface area contributed by atoms with Crippen LogP contribution >= 0.6 is 0 Å². The summed E-state index contributed by atoms with van der Waals surface area (Å²) in [6, 6.07) is -1.55. The van der Waals surface area contributed by atoms with Crippen molar-refractivity contribution in [1.82, 2.24) is 14.7 Å². The van der Waals surface area contributed by atoms with Crippen LogP contribution in [-0.2, 0) is 28.6 Å². The van der Waals surface area contributed by atoms with Gasteiger partial charge in [-0.3, -0.25) is 19.3 Å². The minimum atomic E-state index is -1.28. The molecule has 0 radical (unpaired) electrons. The van der Waals surface area contributed by atoms with E-state index in [1.54, 1.807) is 11.8 Å². The Kier molecular flexibility index (Phi) is 6.49. The zero-order chi connectivity index (χ0) is 23.9. The molecule has 5 aliphatic rings. The van der Waals surface area contributed by atoms with Crippen LogP contribution in [0, 0.1) is 11.8 Å². The maximum absolute atomic E-state index is 14.0. The Labute approximate surface area is 199 Å². The first kappa shape index (κ1) is 23.5. The molecule has 5 heterocycles. The summed E-state index contributed by atoms with van der Waals surface area (Å²) in [6.07, 6.45) is 7.33. The molecular formula is C24H33N3O7. The second-order valence-corrected chi connectivity index (χ2v) is 9.64. The fourth-order valence-corrected chi connectivity index (χ4v) is 5.94. The number of ether oxygens (including phenoxy) is 3. The van der Waals surface area contributed by atoms with Crippen molar-refractivity contribution in [2.45, 2.75) is 37.1 Å². The minimum absolute atomic E-state index is 0.221. The summed E-state index contributed by atoms with van der Waals surface area (Å²) in [5.41, 5.74) is -1.28. The van der Waals surface area contributed by atoms with E-state index >= 15 is 0 Å². The molecule has 0 aromatic rings. The number of rotatable bonds is 5. The molecule has 0 aliphatic carbocycles. The Morgan fingerprint density at radius 1 is 1.12 bits per heavy atom. The summed E-state index contributed by atoms with van der Waals surface area (Å²) in [7, 11) is 0. The Morgan fingerprint density at radius 2 is 1.91 bits per heavy atom. The van der Waals surface area contributed by atoms with Gasteiger partial charge in [0.25, 0.3) is 0 Å². The van der Waals surface area contributed by atoms with E-state index in [0.717, 1.165) is 13.1 Å². The molecule has 6 atom stereocenters. The number of morpholine rings is 1. The zero-order valence-corrected chi connectivity index (χ0v) is 19.5. The normalized spacial score (nSPS) is 36.9. The lowest BCUT2D eigenvalue weighted by atomic mass is 9.77. The second-order valence-electron chi connectivity index (χ2n) is 9.64. The van der Waals surface area contributed by atoms with Gasteiger partial charge < -0.3 is 29.1 Å². The number of likely N-dealkylation sites (tertiary alicyclic amines) is 1. The topological polar surface area (TPSA) is 109 Å². The lowest BCUT2D eigenvalue weighted by molar-refractivity contribution is -0.156. The SMILES string of the molecule is CC(CO)N1C(=O)[C@@H]2C3C(=O)OCCC=C[C@H]3OC23C=CCN(CCN2CCOCC2)C(=O)[C@@H]13. The van der Waals surface area contributed by atoms with Gasteiger partial charge in [-0.2, -0.15) is 0 Å². The fourth-order valence-electron chi connectivity index (χ4n) is 5.94. The van der Waals surface area contributed by atoms with Gasteiger partial charge in [-0.25, -0.2) is 0 Å². The van der Waals surface area contributed by atoms with Crippen LogP contribution in [-0.4, -0.2) is 121 Å². The number of nitrogens with zero attached hydrogens (tertiary/aromatic N) is 3. The number of carbonyl (C=O) groups excluding carboxylic acids is 3. The summed E-state index contributed by atoms with van der Waals surface area (Å²) >= 11 is 0. The largest absolute Gasteiger partial charge is 0.465 e. The van der Waals surface area contributed by atoms with Gasteiger partial charge in [0, 0.05) is 32.7 Å². The molecule has 5 aliphatic heterocycles. The molecule has 34 heavy (non-hydrogen) atoms. The summed E-state index contributed by atoms with van der Waals surface area (Å²) in [4.78, 5) is 46.2. The van der Waals surface area contributed by atoms with Gasteiger partial charge in [-0.1, -0.05) is 24.3 Å². The highest BCUT2D eigenvalue weighted by molar-refractivity contribution is 5.99. The lowest BCUT2D eigenvalue weighted by Crippen LogP contribution is -2.58. The Balaban J connectivity index is 1.48. The third-order valence-electron chi connectivity index (χ3n) is 7.67. The van der Waals surface area contributed by atoms with Crippen molar-refractivity contribution in [3.05, 3.63) is 24.3 Å². The number of hydrogen-bond donors (Lipinski definition) is 1. The van der Waals surface area contributed by atoms with Crippen LogP contribution in [0.2, 0.25) is 0 Å². The highest BCUT2D eigenvalue weighted by atomic mass is 16.6. The summed E-state index contributed by atoms with van der Waals surface area (Å²) in [5.74, 6) is -2.76. The van der Waals surface area contributed by atoms with E-state index in [4.69, 9.17) is 14.2 Å². The number of fused-ring (bicyclic) bond motifs is 2. The number of amides is 2. The lowest BCUT2D eigenvalue weighted by Gasteiger charge is -2.38. The van der Waals surface area contributed by atoms with Crippen LogP contribution in [0.5, 0.6) is 0 Å². The van der Waals surface area contributed by atoms with Crippen molar-refractivity contribution in [2.24, 2.45) is 11.8 Å². The molecule has 10 heteroatoms. The number of esters is 1. The van der Waals surface area contributed by atoms with E-state index in [2.05, 4.69) is 4.90 Å². The molecule has 2 amide bonds. The molecule has 1 spiro atoms. The number of hydrogen-bond acceptors (Lipinski definition) is 8. The van der Waals surface area contributed by atoms with Crippen LogP contribution in [0.1, 0.15) is 13.3 Å². The summed E-state index contributed by atoms with van der Waals surface area (Å²) < 4.78 is 17.3. The van der Waals surface area contributed by atoms with Gasteiger partial charge in [0.15, 0.2) is 0 Å². The first-order valence-corrected chi connectivity index (χ1v) is 12.2. The van der Waals surface area contributed by atoms with Crippen LogP contribution in [0.3, 0.4) is 0 Å². The average molecular weight is 476 g/mol. The van der Waals surface area contributed by atoms with Crippen LogP contribution in [0.15, 0.2) is 24.3 Å². The summed E-state index contributed by atoms with van der Waals surface area (Å²) in [6.45, 7) is 6.26. The molecule has 0 aromatic carbocycles. The van der Waals surface area contributed by atoms with Crippen molar-refractivity contribution in [2.75, 3.05) is 59.2 Å². The molecule has 10 nitrogen and oxygen atoms in total. The quantitative estimate of drug-likeness (QED) is 0.406. The standard InChI is InChI=1S/C24H33N3O7/c1-16(15-28)27-20-22(30)26(9-8-25-10-13-32-14-11-25)7-4-6-24(20)19(21(27)29)18-17(34-24)5-2-3-12-33-23(18)31/h2,4-6,16-20,28H,3,7-15H2,1H3/t16?,17-,18?,19+,20-,24?/m1/s1. The van der Waals surface area contributed by atoms with E-state index in [9.17, 15) is 19.5 Å². The zero-order valence-electron chi connectivity index (χ0n) is 19.5. The molecule has 1 N–H and O–H groups in total. The van der Waals surface area contributed by atoms with Gasteiger partial charge in [-0.05, 0) is 13.3 Å². The van der Waals surface area contributed by atoms with Gasteiger partial charge in [0.1, 0.15) is 17.6 Å². The van der Waals surface area contributed by atoms with Gasteiger partial charge in [0.2, 0.25) is 11.8 Å². The van der Waals surface area contributed by atoms with E-state index < -0.39 is 41.6 Å². The van der Waals surface area contributed by atoms with Crippen LogP contribution in [0.4, 0.5) is 0 Å². The van der Waals surface area contributed by atoms with E-state index in [-0.39, 0.29) is 25.0 Å². The van der Waals surface area contributed by atoms with Crippen molar-refractivity contribution in [3.63, 3.8) is 0 Å². The molecule has 3 saturated heterocycles.